The molecule has 3 aliphatic heterocycles. The second-order valence-corrected chi connectivity index (χ2v) is 5.63. The van der Waals surface area contributed by atoms with E-state index in [2.05, 4.69) is 5.32 Å². The third-order valence-corrected chi connectivity index (χ3v) is 4.45. The summed E-state index contributed by atoms with van der Waals surface area (Å²) < 4.78 is 0. The molecule has 2 amide bonds. The summed E-state index contributed by atoms with van der Waals surface area (Å²) in [5.41, 5.74) is -0.775. The molecule has 1 spiro atoms. The van der Waals surface area contributed by atoms with Gasteiger partial charge in [0.05, 0.1) is 0 Å². The van der Waals surface area contributed by atoms with E-state index >= 15 is 0 Å². The van der Waals surface area contributed by atoms with Gasteiger partial charge in [0.1, 0.15) is 5.41 Å². The van der Waals surface area contributed by atoms with Crippen LogP contribution < -0.4 is 5.32 Å². The minimum absolute atomic E-state index is 0. The molecule has 3 fully saturated rings. The number of nitrogens with one attached hydrogen (secondary N) is 1. The Bertz CT molecular complexity index is 341. The maximum Gasteiger partial charge on any atom is 0.258 e. The van der Waals surface area contributed by atoms with Crippen molar-refractivity contribution in [3.63, 3.8) is 0 Å². The van der Waals surface area contributed by atoms with Crippen LogP contribution in [0.1, 0.15) is 38.5 Å². The van der Waals surface area contributed by atoms with E-state index in [4.69, 9.17) is 0 Å². The monoisotopic (exact) mass is 287 g/mol. The number of halogens is 1. The molecular formula is C13H22ClN3O2. The molecule has 108 valence electrons. The van der Waals surface area contributed by atoms with Gasteiger partial charge >= 0.3 is 0 Å². The number of rotatable bonds is 0. The highest BCUT2D eigenvalue weighted by Crippen LogP contribution is 2.38. The molecule has 6 heteroatoms. The summed E-state index contributed by atoms with van der Waals surface area (Å²) >= 11 is 0. The summed E-state index contributed by atoms with van der Waals surface area (Å²) in [4.78, 5) is 25.2. The standard InChI is InChI=1S/C13H21N3O2.ClH/c17-11-13(6-5-7-14-10-13)12(18)16-9-4-2-1-3-8-15(11)16;/h14H,1-10H2;1H. The minimum Gasteiger partial charge on any atom is -0.315 e. The summed E-state index contributed by atoms with van der Waals surface area (Å²) in [6.07, 6.45) is 5.98. The zero-order valence-corrected chi connectivity index (χ0v) is 12.0. The number of amides is 2. The molecule has 0 atom stereocenters. The van der Waals surface area contributed by atoms with Crippen LogP contribution in [0.3, 0.4) is 0 Å². The van der Waals surface area contributed by atoms with Crippen molar-refractivity contribution in [2.45, 2.75) is 38.5 Å². The van der Waals surface area contributed by atoms with E-state index in [0.717, 1.165) is 38.6 Å². The Kier molecular flexibility index (Phi) is 4.36. The molecule has 1 N–H and O–H groups in total. The van der Waals surface area contributed by atoms with Gasteiger partial charge in [0.15, 0.2) is 0 Å². The van der Waals surface area contributed by atoms with Gasteiger partial charge in [0.25, 0.3) is 11.8 Å². The van der Waals surface area contributed by atoms with Crippen LogP contribution in [0.5, 0.6) is 0 Å². The van der Waals surface area contributed by atoms with Crippen molar-refractivity contribution in [2.24, 2.45) is 5.41 Å². The molecular weight excluding hydrogens is 266 g/mol. The molecule has 5 nitrogen and oxygen atoms in total. The first-order valence-electron chi connectivity index (χ1n) is 7.10. The number of hydrogen-bond donors (Lipinski definition) is 1. The van der Waals surface area contributed by atoms with Crippen LogP contribution in [0, 0.1) is 5.41 Å². The van der Waals surface area contributed by atoms with Gasteiger partial charge in [-0.3, -0.25) is 19.6 Å². The smallest absolute Gasteiger partial charge is 0.258 e. The zero-order chi connectivity index (χ0) is 12.6. The second kappa shape index (κ2) is 5.67. The maximum absolute atomic E-state index is 12.6. The average molecular weight is 288 g/mol. The summed E-state index contributed by atoms with van der Waals surface area (Å²) in [7, 11) is 0. The lowest BCUT2D eigenvalue weighted by Gasteiger charge is -2.29. The Balaban J connectivity index is 0.00000133. The number of hydrazine groups is 1. The maximum atomic E-state index is 12.6. The number of fused-ring (bicyclic) bond motifs is 1. The Hall–Kier alpha value is -0.810. The summed E-state index contributed by atoms with van der Waals surface area (Å²) in [6, 6.07) is 0. The Morgan fingerprint density at radius 3 is 1.95 bits per heavy atom. The van der Waals surface area contributed by atoms with E-state index in [0.29, 0.717) is 26.1 Å². The van der Waals surface area contributed by atoms with Crippen LogP contribution in [0.4, 0.5) is 0 Å². The third kappa shape index (κ3) is 2.23. The lowest BCUT2D eigenvalue weighted by atomic mass is 9.80. The number of carbonyl (C=O) groups is 2. The van der Waals surface area contributed by atoms with Gasteiger partial charge in [-0.05, 0) is 32.2 Å². The topological polar surface area (TPSA) is 52.7 Å². The van der Waals surface area contributed by atoms with E-state index in [1.165, 1.54) is 0 Å². The fraction of sp³-hybridized carbons (Fsp3) is 0.846. The van der Waals surface area contributed by atoms with Gasteiger partial charge in [-0.1, -0.05) is 12.8 Å². The van der Waals surface area contributed by atoms with Crippen molar-refractivity contribution in [3.8, 4) is 0 Å². The van der Waals surface area contributed by atoms with Crippen molar-refractivity contribution in [1.82, 2.24) is 15.3 Å². The predicted octanol–water partition coefficient (Wildman–Crippen LogP) is 0.938. The normalized spacial score (nSPS) is 26.7. The molecule has 3 heterocycles. The average Bonchev–Trinajstić information content (AvgIpc) is 2.53. The van der Waals surface area contributed by atoms with Crippen LogP contribution in [0.2, 0.25) is 0 Å². The van der Waals surface area contributed by atoms with Crippen molar-refractivity contribution in [3.05, 3.63) is 0 Å². The number of carbonyl (C=O) groups excluding carboxylic acids is 2. The Labute approximate surface area is 120 Å². The van der Waals surface area contributed by atoms with Crippen LogP contribution >= 0.6 is 12.4 Å². The Morgan fingerprint density at radius 2 is 1.47 bits per heavy atom. The first kappa shape index (κ1) is 14.6. The molecule has 0 saturated carbocycles. The van der Waals surface area contributed by atoms with E-state index in [1.54, 1.807) is 10.0 Å². The lowest BCUT2D eigenvalue weighted by Crippen LogP contribution is -2.49. The number of piperidine rings is 1. The van der Waals surface area contributed by atoms with Crippen LogP contribution in [-0.4, -0.2) is 48.0 Å². The third-order valence-electron chi connectivity index (χ3n) is 4.45. The minimum atomic E-state index is -0.775. The zero-order valence-electron chi connectivity index (χ0n) is 11.2. The largest absolute Gasteiger partial charge is 0.315 e. The van der Waals surface area contributed by atoms with E-state index < -0.39 is 5.41 Å². The van der Waals surface area contributed by atoms with E-state index in [-0.39, 0.29) is 24.2 Å². The molecule has 0 unspecified atom stereocenters. The lowest BCUT2D eigenvalue weighted by molar-refractivity contribution is -0.147. The molecule has 3 aliphatic rings. The van der Waals surface area contributed by atoms with E-state index in [9.17, 15) is 9.59 Å². The first-order valence-corrected chi connectivity index (χ1v) is 7.10. The predicted molar refractivity (Wildman–Crippen MR) is 73.7 cm³/mol. The fourth-order valence-electron chi connectivity index (χ4n) is 3.40. The molecule has 3 rings (SSSR count). The quantitative estimate of drug-likeness (QED) is 0.675. The van der Waals surface area contributed by atoms with Crippen LogP contribution in [0.15, 0.2) is 0 Å². The molecule has 19 heavy (non-hydrogen) atoms. The fourth-order valence-corrected chi connectivity index (χ4v) is 3.40. The SMILES string of the molecule is Cl.O=C1N2CCCCCCN2C(=O)C12CCCNC2. The highest BCUT2D eigenvalue weighted by Gasteiger charge is 2.58. The molecule has 0 aliphatic carbocycles. The van der Waals surface area contributed by atoms with Gasteiger partial charge < -0.3 is 5.32 Å². The van der Waals surface area contributed by atoms with Crippen molar-refractivity contribution >= 4 is 24.2 Å². The molecule has 0 aromatic carbocycles. The van der Waals surface area contributed by atoms with Crippen molar-refractivity contribution < 1.29 is 9.59 Å². The van der Waals surface area contributed by atoms with Gasteiger partial charge in [0.2, 0.25) is 0 Å². The van der Waals surface area contributed by atoms with Crippen LogP contribution in [0.25, 0.3) is 0 Å². The number of hydrogen-bond acceptors (Lipinski definition) is 3. The first-order chi connectivity index (χ1) is 8.76. The molecule has 0 radical (unpaired) electrons. The van der Waals surface area contributed by atoms with Gasteiger partial charge in [-0.15, -0.1) is 12.4 Å². The summed E-state index contributed by atoms with van der Waals surface area (Å²) in [5.74, 6) is 0.0863. The molecule has 0 bridgehead atoms. The van der Waals surface area contributed by atoms with Gasteiger partial charge in [-0.2, -0.15) is 0 Å². The van der Waals surface area contributed by atoms with Gasteiger partial charge in [-0.25, -0.2) is 0 Å². The molecule has 3 saturated heterocycles. The molecule has 0 aromatic rings. The van der Waals surface area contributed by atoms with Crippen LogP contribution in [-0.2, 0) is 9.59 Å². The van der Waals surface area contributed by atoms with Crippen molar-refractivity contribution in [2.75, 3.05) is 26.2 Å². The highest BCUT2D eigenvalue weighted by atomic mass is 35.5. The van der Waals surface area contributed by atoms with Gasteiger partial charge in [0, 0.05) is 19.6 Å². The molecule has 0 aromatic heterocycles. The van der Waals surface area contributed by atoms with E-state index in [1.807, 2.05) is 0 Å². The summed E-state index contributed by atoms with van der Waals surface area (Å²) in [6.45, 7) is 2.87. The Morgan fingerprint density at radius 1 is 0.895 bits per heavy atom. The highest BCUT2D eigenvalue weighted by molar-refractivity contribution is 6.10. The second-order valence-electron chi connectivity index (χ2n) is 5.63. The number of nitrogens with zero attached hydrogens (tertiary/aromatic N) is 2. The summed E-state index contributed by atoms with van der Waals surface area (Å²) in [5, 5.41) is 6.69. The van der Waals surface area contributed by atoms with Crippen molar-refractivity contribution in [1.29, 1.82) is 0 Å².